The average molecular weight is 224 g/mol. The summed E-state index contributed by atoms with van der Waals surface area (Å²) < 4.78 is 4.92. The van der Waals surface area contributed by atoms with Crippen LogP contribution >= 0.6 is 0 Å². The maximum absolute atomic E-state index is 10.8. The SMILES string of the molecule is COCC(N)Cc1c(C)cccc1[N+](=O)[O-]. The van der Waals surface area contributed by atoms with Crippen LogP contribution in [0.4, 0.5) is 5.69 Å². The highest BCUT2D eigenvalue weighted by atomic mass is 16.6. The normalized spacial score (nSPS) is 12.4. The molecule has 1 rings (SSSR count). The van der Waals surface area contributed by atoms with Gasteiger partial charge in [0.05, 0.1) is 11.5 Å². The number of aryl methyl sites for hydroxylation is 1. The molecule has 0 saturated carbocycles. The van der Waals surface area contributed by atoms with Gasteiger partial charge in [-0.15, -0.1) is 0 Å². The smallest absolute Gasteiger partial charge is 0.272 e. The maximum Gasteiger partial charge on any atom is 0.272 e. The molecule has 0 aliphatic carbocycles. The van der Waals surface area contributed by atoms with Gasteiger partial charge in [-0.2, -0.15) is 0 Å². The largest absolute Gasteiger partial charge is 0.383 e. The number of nitro groups is 1. The van der Waals surface area contributed by atoms with E-state index in [0.717, 1.165) is 5.56 Å². The van der Waals surface area contributed by atoms with Crippen LogP contribution < -0.4 is 5.73 Å². The van der Waals surface area contributed by atoms with Gasteiger partial charge >= 0.3 is 0 Å². The van der Waals surface area contributed by atoms with Crippen molar-refractivity contribution in [1.29, 1.82) is 0 Å². The predicted molar refractivity (Wildman–Crippen MR) is 61.4 cm³/mol. The van der Waals surface area contributed by atoms with E-state index in [1.54, 1.807) is 13.2 Å². The number of nitro benzene ring substituents is 1. The zero-order valence-electron chi connectivity index (χ0n) is 9.47. The van der Waals surface area contributed by atoms with Gasteiger partial charge in [0.25, 0.3) is 5.69 Å². The Morgan fingerprint density at radius 3 is 2.81 bits per heavy atom. The van der Waals surface area contributed by atoms with Crippen LogP contribution in [0.2, 0.25) is 0 Å². The second-order valence-electron chi connectivity index (χ2n) is 3.75. The molecule has 0 aliphatic rings. The summed E-state index contributed by atoms with van der Waals surface area (Å²) in [5.41, 5.74) is 7.52. The predicted octanol–water partition coefficient (Wildman–Crippen LogP) is 1.42. The summed E-state index contributed by atoms with van der Waals surface area (Å²) in [5.74, 6) is 0. The topological polar surface area (TPSA) is 78.4 Å². The minimum atomic E-state index is -0.373. The number of nitrogens with two attached hydrogens (primary N) is 1. The lowest BCUT2D eigenvalue weighted by atomic mass is 10.00. The van der Waals surface area contributed by atoms with Crippen molar-refractivity contribution in [3.8, 4) is 0 Å². The molecule has 16 heavy (non-hydrogen) atoms. The first-order chi connectivity index (χ1) is 7.56. The second kappa shape index (κ2) is 5.58. The Morgan fingerprint density at radius 2 is 2.25 bits per heavy atom. The summed E-state index contributed by atoms with van der Waals surface area (Å²) in [6.45, 7) is 2.24. The molecule has 0 saturated heterocycles. The molecule has 0 heterocycles. The summed E-state index contributed by atoms with van der Waals surface area (Å²) in [7, 11) is 1.56. The molecule has 5 heteroatoms. The molecule has 0 radical (unpaired) electrons. The van der Waals surface area contributed by atoms with Crippen molar-refractivity contribution >= 4 is 5.69 Å². The molecule has 0 aromatic heterocycles. The molecule has 5 nitrogen and oxygen atoms in total. The van der Waals surface area contributed by atoms with Crippen molar-refractivity contribution in [3.05, 3.63) is 39.4 Å². The molecular formula is C11H16N2O3. The quantitative estimate of drug-likeness (QED) is 0.606. The number of nitrogens with zero attached hydrogens (tertiary/aromatic N) is 1. The van der Waals surface area contributed by atoms with Crippen LogP contribution in [0.15, 0.2) is 18.2 Å². The van der Waals surface area contributed by atoms with Gasteiger partial charge in [0, 0.05) is 24.8 Å². The molecule has 1 aromatic carbocycles. The molecule has 1 atom stereocenters. The van der Waals surface area contributed by atoms with Crippen LogP contribution in [0, 0.1) is 17.0 Å². The zero-order chi connectivity index (χ0) is 12.1. The third-order valence-corrected chi connectivity index (χ3v) is 2.43. The highest BCUT2D eigenvalue weighted by molar-refractivity contribution is 5.45. The molecular weight excluding hydrogens is 208 g/mol. The van der Waals surface area contributed by atoms with Gasteiger partial charge in [-0.1, -0.05) is 12.1 Å². The fourth-order valence-corrected chi connectivity index (χ4v) is 1.66. The Morgan fingerprint density at radius 1 is 1.56 bits per heavy atom. The van der Waals surface area contributed by atoms with Gasteiger partial charge in [-0.25, -0.2) is 0 Å². The van der Waals surface area contributed by atoms with Crippen molar-refractivity contribution in [3.63, 3.8) is 0 Å². The van der Waals surface area contributed by atoms with Crippen LogP contribution in [-0.2, 0) is 11.2 Å². The first-order valence-electron chi connectivity index (χ1n) is 5.03. The molecule has 0 amide bonds. The average Bonchev–Trinajstić information content (AvgIpc) is 2.21. The van der Waals surface area contributed by atoms with E-state index < -0.39 is 0 Å². The van der Waals surface area contributed by atoms with Crippen molar-refractivity contribution in [2.45, 2.75) is 19.4 Å². The van der Waals surface area contributed by atoms with E-state index in [2.05, 4.69) is 0 Å². The number of rotatable bonds is 5. The van der Waals surface area contributed by atoms with Crippen molar-refractivity contribution in [2.24, 2.45) is 5.73 Å². The van der Waals surface area contributed by atoms with Gasteiger partial charge in [-0.3, -0.25) is 10.1 Å². The fraction of sp³-hybridized carbons (Fsp3) is 0.455. The van der Waals surface area contributed by atoms with Gasteiger partial charge in [0.2, 0.25) is 0 Å². The van der Waals surface area contributed by atoms with Gasteiger partial charge in [0.1, 0.15) is 0 Å². The lowest BCUT2D eigenvalue weighted by molar-refractivity contribution is -0.385. The van der Waals surface area contributed by atoms with E-state index in [1.807, 2.05) is 13.0 Å². The second-order valence-corrected chi connectivity index (χ2v) is 3.75. The van der Waals surface area contributed by atoms with E-state index in [4.69, 9.17) is 10.5 Å². The van der Waals surface area contributed by atoms with Crippen molar-refractivity contribution in [2.75, 3.05) is 13.7 Å². The highest BCUT2D eigenvalue weighted by Crippen LogP contribution is 2.22. The molecule has 88 valence electrons. The van der Waals surface area contributed by atoms with E-state index in [0.29, 0.717) is 18.6 Å². The van der Waals surface area contributed by atoms with Gasteiger partial charge in [0.15, 0.2) is 0 Å². The maximum atomic E-state index is 10.8. The third kappa shape index (κ3) is 3.01. The number of methoxy groups -OCH3 is 1. The van der Waals surface area contributed by atoms with E-state index >= 15 is 0 Å². The van der Waals surface area contributed by atoms with Crippen molar-refractivity contribution in [1.82, 2.24) is 0 Å². The fourth-order valence-electron chi connectivity index (χ4n) is 1.66. The molecule has 0 spiro atoms. The van der Waals surface area contributed by atoms with Crippen LogP contribution in [0.5, 0.6) is 0 Å². The number of ether oxygens (including phenoxy) is 1. The Labute approximate surface area is 94.4 Å². The lowest BCUT2D eigenvalue weighted by Gasteiger charge is -2.12. The van der Waals surface area contributed by atoms with E-state index in [9.17, 15) is 10.1 Å². The van der Waals surface area contributed by atoms with Gasteiger partial charge in [-0.05, 0) is 18.9 Å². The summed E-state index contributed by atoms with van der Waals surface area (Å²) in [4.78, 5) is 10.5. The van der Waals surface area contributed by atoms with E-state index in [1.165, 1.54) is 6.07 Å². The molecule has 0 aliphatic heterocycles. The minimum Gasteiger partial charge on any atom is -0.383 e. The third-order valence-electron chi connectivity index (χ3n) is 2.43. The zero-order valence-corrected chi connectivity index (χ0v) is 9.47. The molecule has 1 aromatic rings. The Kier molecular flexibility index (Phi) is 4.39. The molecule has 1 unspecified atom stereocenters. The number of hydrogen-bond donors (Lipinski definition) is 1. The van der Waals surface area contributed by atoms with Crippen LogP contribution in [-0.4, -0.2) is 24.7 Å². The van der Waals surface area contributed by atoms with Crippen LogP contribution in [0.1, 0.15) is 11.1 Å². The molecule has 0 fully saturated rings. The first-order valence-corrected chi connectivity index (χ1v) is 5.03. The van der Waals surface area contributed by atoms with Gasteiger partial charge < -0.3 is 10.5 Å². The Bertz CT molecular complexity index is 379. The summed E-state index contributed by atoms with van der Waals surface area (Å²) in [6, 6.07) is 4.81. The Balaban J connectivity index is 2.97. The Hall–Kier alpha value is -1.46. The standard InChI is InChI=1S/C11H16N2O3/c1-8-4-3-5-11(13(14)15)10(8)6-9(12)7-16-2/h3-5,9H,6-7,12H2,1-2H3. The number of benzene rings is 1. The molecule has 2 N–H and O–H groups in total. The number of hydrogen-bond acceptors (Lipinski definition) is 4. The highest BCUT2D eigenvalue weighted by Gasteiger charge is 2.17. The summed E-state index contributed by atoms with van der Waals surface area (Å²) >= 11 is 0. The summed E-state index contributed by atoms with van der Waals surface area (Å²) in [6.07, 6.45) is 0.455. The lowest BCUT2D eigenvalue weighted by Crippen LogP contribution is -2.28. The minimum absolute atomic E-state index is 0.131. The summed E-state index contributed by atoms with van der Waals surface area (Å²) in [5, 5.41) is 10.8. The monoisotopic (exact) mass is 224 g/mol. The molecule has 0 bridgehead atoms. The van der Waals surface area contributed by atoms with Crippen LogP contribution in [0.3, 0.4) is 0 Å². The van der Waals surface area contributed by atoms with E-state index in [-0.39, 0.29) is 16.7 Å². The first kappa shape index (κ1) is 12.6. The van der Waals surface area contributed by atoms with Crippen LogP contribution in [0.25, 0.3) is 0 Å². The van der Waals surface area contributed by atoms with Crippen molar-refractivity contribution < 1.29 is 9.66 Å².